The van der Waals surface area contributed by atoms with Crippen LogP contribution in [0.3, 0.4) is 0 Å². The number of nitrogens with two attached hydrogens (primary N) is 1. The summed E-state index contributed by atoms with van der Waals surface area (Å²) in [4.78, 5) is 26.2. The molecule has 0 heterocycles. The van der Waals surface area contributed by atoms with Gasteiger partial charge in [0.05, 0.1) is 6.04 Å². The summed E-state index contributed by atoms with van der Waals surface area (Å²) in [5, 5.41) is 5.48. The number of nitrogens with zero attached hydrogens (tertiary/aromatic N) is 1. The lowest BCUT2D eigenvalue weighted by Gasteiger charge is -2.38. The summed E-state index contributed by atoms with van der Waals surface area (Å²) in [7, 11) is 0. The lowest BCUT2D eigenvalue weighted by Crippen LogP contribution is -2.50. The first-order valence-corrected chi connectivity index (χ1v) is 10.9. The smallest absolute Gasteiger partial charge is 0.408 e. The number of nitrogens with one attached hydrogen (secondary N) is 2. The summed E-state index contributed by atoms with van der Waals surface area (Å²) < 4.78 is 11.1. The van der Waals surface area contributed by atoms with Crippen LogP contribution in [0.1, 0.15) is 65.0 Å². The molecule has 0 saturated heterocycles. The number of hydrogen-bond acceptors (Lipinski definition) is 6. The first-order valence-electron chi connectivity index (χ1n) is 10.9. The van der Waals surface area contributed by atoms with Gasteiger partial charge in [-0.1, -0.05) is 57.0 Å². The number of carbonyl (C=O) groups excluding carboxylic acids is 2. The number of alkyl carbamates (subject to hydrolysis) is 2. The molecule has 170 valence electrons. The Bertz CT molecular complexity index is 584. The third-order valence-corrected chi connectivity index (χ3v) is 4.76. The Labute approximate surface area is 180 Å². The van der Waals surface area contributed by atoms with Crippen molar-refractivity contribution in [3.05, 3.63) is 35.9 Å². The van der Waals surface area contributed by atoms with Gasteiger partial charge in [0.1, 0.15) is 0 Å². The Morgan fingerprint density at radius 3 is 1.80 bits per heavy atom. The van der Waals surface area contributed by atoms with Crippen molar-refractivity contribution in [2.75, 3.05) is 19.6 Å². The topological polar surface area (TPSA) is 106 Å². The van der Waals surface area contributed by atoms with Gasteiger partial charge in [-0.05, 0) is 32.3 Å². The molecule has 3 atom stereocenters. The average molecular weight is 423 g/mol. The van der Waals surface area contributed by atoms with Crippen LogP contribution >= 0.6 is 0 Å². The van der Waals surface area contributed by atoms with E-state index >= 15 is 0 Å². The molecule has 0 saturated carbocycles. The second-order valence-electron chi connectivity index (χ2n) is 7.18. The van der Waals surface area contributed by atoms with Crippen LogP contribution in [0.15, 0.2) is 30.3 Å². The fraction of sp³-hybridized carbons (Fsp3) is 0.636. The summed E-state index contributed by atoms with van der Waals surface area (Å²) in [5.74, 6) is 0. The molecule has 0 aliphatic heterocycles. The third kappa shape index (κ3) is 9.00. The van der Waals surface area contributed by atoms with Crippen molar-refractivity contribution in [1.29, 1.82) is 0 Å². The Kier molecular flexibility index (Phi) is 12.5. The predicted octanol–water partition coefficient (Wildman–Crippen LogP) is 3.73. The zero-order valence-electron chi connectivity index (χ0n) is 18.7. The quantitative estimate of drug-likeness (QED) is 0.330. The molecule has 0 aromatic heterocycles. The molecule has 1 rings (SSSR count). The van der Waals surface area contributed by atoms with Gasteiger partial charge in [0.2, 0.25) is 0 Å². The number of unbranched alkanes of at least 4 members (excludes halogenated alkanes) is 2. The number of benzene rings is 1. The molecule has 8 nitrogen and oxygen atoms in total. The highest BCUT2D eigenvalue weighted by atomic mass is 16.6. The van der Waals surface area contributed by atoms with Crippen molar-refractivity contribution in [1.82, 2.24) is 15.5 Å². The lowest BCUT2D eigenvalue weighted by atomic mass is 10.0. The monoisotopic (exact) mass is 422 g/mol. The van der Waals surface area contributed by atoms with Crippen LogP contribution in [0.4, 0.5) is 9.59 Å². The van der Waals surface area contributed by atoms with Gasteiger partial charge in [0.25, 0.3) is 0 Å². The Hall–Kier alpha value is -2.32. The van der Waals surface area contributed by atoms with E-state index < -0.39 is 24.6 Å². The molecule has 0 fully saturated rings. The molecule has 4 N–H and O–H groups in total. The number of carbonyl (C=O) groups is 2. The van der Waals surface area contributed by atoms with Crippen LogP contribution in [-0.4, -0.2) is 49.2 Å². The fourth-order valence-corrected chi connectivity index (χ4v) is 3.16. The second-order valence-corrected chi connectivity index (χ2v) is 7.18. The largest absolute Gasteiger partial charge is 0.430 e. The first-order chi connectivity index (χ1) is 14.4. The standard InChI is InChI=1S/C22H38N4O4/c1-5-7-14-24-21(27)29-17(3)26(18(4)30-22(28)25-15-8-6-2)20(16-23)19-12-10-9-11-13-19/h9-13,17-18,20H,5-8,14-16,23H2,1-4H3,(H,24,27)(H,25,28). The van der Waals surface area contributed by atoms with Crippen molar-refractivity contribution in [3.63, 3.8) is 0 Å². The maximum absolute atomic E-state index is 12.2. The number of rotatable bonds is 13. The summed E-state index contributed by atoms with van der Waals surface area (Å²) in [6.45, 7) is 8.96. The number of amides is 2. The van der Waals surface area contributed by atoms with Crippen LogP contribution < -0.4 is 16.4 Å². The van der Waals surface area contributed by atoms with Crippen LogP contribution in [0.25, 0.3) is 0 Å². The summed E-state index contributed by atoms with van der Waals surface area (Å²) in [6.07, 6.45) is 1.35. The van der Waals surface area contributed by atoms with Crippen LogP contribution in [0.2, 0.25) is 0 Å². The Morgan fingerprint density at radius 1 is 0.933 bits per heavy atom. The molecule has 2 amide bonds. The Morgan fingerprint density at radius 2 is 1.40 bits per heavy atom. The zero-order valence-corrected chi connectivity index (χ0v) is 18.7. The van der Waals surface area contributed by atoms with Crippen LogP contribution in [0, 0.1) is 0 Å². The molecule has 0 bridgehead atoms. The minimum atomic E-state index is -0.668. The van der Waals surface area contributed by atoms with E-state index in [4.69, 9.17) is 15.2 Å². The molecular weight excluding hydrogens is 384 g/mol. The molecule has 8 heteroatoms. The minimum absolute atomic E-state index is 0.264. The van der Waals surface area contributed by atoms with E-state index in [1.807, 2.05) is 44.2 Å². The molecule has 1 aromatic rings. The van der Waals surface area contributed by atoms with E-state index in [1.165, 1.54) is 0 Å². The van der Waals surface area contributed by atoms with Gasteiger partial charge in [-0.15, -0.1) is 0 Å². The van der Waals surface area contributed by atoms with Crippen molar-refractivity contribution in [2.24, 2.45) is 5.73 Å². The van der Waals surface area contributed by atoms with E-state index in [0.29, 0.717) is 13.1 Å². The van der Waals surface area contributed by atoms with Gasteiger partial charge in [-0.2, -0.15) is 0 Å². The molecule has 1 aromatic carbocycles. The number of hydrogen-bond donors (Lipinski definition) is 3. The molecular formula is C22H38N4O4. The predicted molar refractivity (Wildman–Crippen MR) is 118 cm³/mol. The highest BCUT2D eigenvalue weighted by Crippen LogP contribution is 2.26. The van der Waals surface area contributed by atoms with Gasteiger partial charge in [0, 0.05) is 19.6 Å². The van der Waals surface area contributed by atoms with Gasteiger partial charge < -0.3 is 25.8 Å². The molecule has 0 radical (unpaired) electrons. The van der Waals surface area contributed by atoms with Gasteiger partial charge in [-0.3, -0.25) is 0 Å². The SMILES string of the molecule is CCCCNC(=O)OC(C)N(C(C)OC(=O)NCCCC)C(CN)c1ccccc1. The van der Waals surface area contributed by atoms with E-state index in [9.17, 15) is 9.59 Å². The summed E-state index contributed by atoms with van der Waals surface area (Å²) in [5.41, 5.74) is 7.03. The van der Waals surface area contributed by atoms with E-state index in [-0.39, 0.29) is 12.6 Å². The van der Waals surface area contributed by atoms with Gasteiger partial charge in [-0.25, -0.2) is 14.5 Å². The molecule has 30 heavy (non-hydrogen) atoms. The molecule has 0 spiro atoms. The maximum atomic E-state index is 12.2. The van der Waals surface area contributed by atoms with E-state index in [1.54, 1.807) is 18.7 Å². The molecule has 0 aliphatic carbocycles. The van der Waals surface area contributed by atoms with Gasteiger partial charge in [0.15, 0.2) is 12.5 Å². The van der Waals surface area contributed by atoms with E-state index in [2.05, 4.69) is 10.6 Å². The molecule has 3 unspecified atom stereocenters. The average Bonchev–Trinajstić information content (AvgIpc) is 2.72. The maximum Gasteiger partial charge on any atom is 0.408 e. The van der Waals surface area contributed by atoms with E-state index in [0.717, 1.165) is 31.2 Å². The van der Waals surface area contributed by atoms with Crippen molar-refractivity contribution < 1.29 is 19.1 Å². The third-order valence-electron chi connectivity index (χ3n) is 4.76. The first kappa shape index (κ1) is 25.7. The Balaban J connectivity index is 2.94. The normalized spacial score (nSPS) is 13.9. The van der Waals surface area contributed by atoms with Crippen LogP contribution in [-0.2, 0) is 9.47 Å². The van der Waals surface area contributed by atoms with Crippen molar-refractivity contribution >= 4 is 12.2 Å². The van der Waals surface area contributed by atoms with Gasteiger partial charge >= 0.3 is 12.2 Å². The highest BCUT2D eigenvalue weighted by Gasteiger charge is 2.32. The minimum Gasteiger partial charge on any atom is -0.430 e. The highest BCUT2D eigenvalue weighted by molar-refractivity contribution is 5.67. The zero-order chi connectivity index (χ0) is 22.4. The van der Waals surface area contributed by atoms with Crippen LogP contribution in [0.5, 0.6) is 0 Å². The van der Waals surface area contributed by atoms with Crippen molar-refractivity contribution in [3.8, 4) is 0 Å². The number of ether oxygens (including phenoxy) is 2. The second kappa shape index (κ2) is 14.6. The molecule has 0 aliphatic rings. The summed E-state index contributed by atoms with van der Waals surface area (Å²) in [6, 6.07) is 9.36. The fourth-order valence-electron chi connectivity index (χ4n) is 3.16. The summed E-state index contributed by atoms with van der Waals surface area (Å²) >= 11 is 0. The lowest BCUT2D eigenvalue weighted by molar-refractivity contribution is -0.114. The van der Waals surface area contributed by atoms with Crippen molar-refractivity contribution in [2.45, 2.75) is 71.9 Å².